The van der Waals surface area contributed by atoms with Gasteiger partial charge in [-0.2, -0.15) is 0 Å². The number of nitrogens with two attached hydrogens (primary N) is 1. The lowest BCUT2D eigenvalue weighted by Crippen LogP contribution is -2.47. The Bertz CT molecular complexity index is 185. The minimum atomic E-state index is -0.424. The molecule has 1 unspecified atom stereocenters. The first-order valence-corrected chi connectivity index (χ1v) is 5.69. The topological polar surface area (TPSA) is 75.4 Å². The van der Waals surface area contributed by atoms with E-state index in [2.05, 4.69) is 5.32 Å². The van der Waals surface area contributed by atoms with Gasteiger partial charge in [-0.25, -0.2) is 0 Å². The third-order valence-electron chi connectivity index (χ3n) is 2.74. The van der Waals surface area contributed by atoms with E-state index >= 15 is 0 Å². The summed E-state index contributed by atoms with van der Waals surface area (Å²) in [4.78, 5) is 11.6. The van der Waals surface area contributed by atoms with Crippen molar-refractivity contribution >= 4 is 5.91 Å². The van der Waals surface area contributed by atoms with Gasteiger partial charge in [0.25, 0.3) is 0 Å². The summed E-state index contributed by atoms with van der Waals surface area (Å²) in [7, 11) is 0. The zero-order chi connectivity index (χ0) is 11.8. The molecule has 0 rings (SSSR count). The maximum Gasteiger partial charge on any atom is 0.237 e. The number of carbonyl (C=O) groups excluding carboxylic acids is 1. The molecule has 0 spiro atoms. The van der Waals surface area contributed by atoms with Crippen molar-refractivity contribution in [2.45, 2.75) is 52.1 Å². The molecule has 0 saturated heterocycles. The predicted octanol–water partition coefficient (Wildman–Crippen LogP) is 0.637. The first-order chi connectivity index (χ1) is 7.02. The van der Waals surface area contributed by atoms with Gasteiger partial charge in [0.15, 0.2) is 0 Å². The molecule has 90 valence electrons. The van der Waals surface area contributed by atoms with Crippen LogP contribution in [0.4, 0.5) is 0 Å². The molecule has 0 aromatic rings. The van der Waals surface area contributed by atoms with E-state index < -0.39 is 6.04 Å². The predicted molar refractivity (Wildman–Crippen MR) is 61.4 cm³/mol. The Labute approximate surface area is 92.2 Å². The summed E-state index contributed by atoms with van der Waals surface area (Å²) in [6.45, 7) is 6.09. The summed E-state index contributed by atoms with van der Waals surface area (Å²) in [5, 5.41) is 11.5. The summed E-state index contributed by atoms with van der Waals surface area (Å²) >= 11 is 0. The summed E-state index contributed by atoms with van der Waals surface area (Å²) in [6.07, 6.45) is 2.40. The van der Waals surface area contributed by atoms with Gasteiger partial charge < -0.3 is 16.2 Å². The highest BCUT2D eigenvalue weighted by Gasteiger charge is 2.20. The molecule has 0 aliphatic carbocycles. The van der Waals surface area contributed by atoms with Gasteiger partial charge in [-0.05, 0) is 25.7 Å². The quantitative estimate of drug-likeness (QED) is 0.584. The highest BCUT2D eigenvalue weighted by Crippen LogP contribution is 2.06. The molecule has 0 fully saturated rings. The highest BCUT2D eigenvalue weighted by atomic mass is 16.2. The first-order valence-electron chi connectivity index (χ1n) is 5.69. The van der Waals surface area contributed by atoms with E-state index in [0.29, 0.717) is 6.42 Å². The molecule has 0 radical (unpaired) electrons. The van der Waals surface area contributed by atoms with Gasteiger partial charge in [0, 0.05) is 12.6 Å². The molecule has 0 aromatic carbocycles. The zero-order valence-corrected chi connectivity index (χ0v) is 9.99. The summed E-state index contributed by atoms with van der Waals surface area (Å²) in [5.74, 6) is 0.116. The van der Waals surface area contributed by atoms with E-state index in [1.54, 1.807) is 0 Å². The van der Waals surface area contributed by atoms with Crippen LogP contribution < -0.4 is 11.1 Å². The number of hydrogen-bond donors (Lipinski definition) is 3. The van der Waals surface area contributed by atoms with Gasteiger partial charge >= 0.3 is 0 Å². The van der Waals surface area contributed by atoms with Crippen LogP contribution in [-0.4, -0.2) is 29.7 Å². The molecule has 3 atom stereocenters. The van der Waals surface area contributed by atoms with E-state index in [0.717, 1.165) is 12.8 Å². The van der Waals surface area contributed by atoms with Crippen molar-refractivity contribution in [1.29, 1.82) is 0 Å². The molecular weight excluding hydrogens is 192 g/mol. The van der Waals surface area contributed by atoms with Crippen molar-refractivity contribution < 1.29 is 9.90 Å². The van der Waals surface area contributed by atoms with Crippen LogP contribution in [0.5, 0.6) is 0 Å². The molecule has 0 aliphatic heterocycles. The second-order valence-electron chi connectivity index (χ2n) is 4.19. The number of aliphatic hydroxyl groups excluding tert-OH is 1. The molecule has 1 amide bonds. The number of aliphatic hydroxyl groups is 1. The monoisotopic (exact) mass is 216 g/mol. The van der Waals surface area contributed by atoms with Gasteiger partial charge in [0.05, 0.1) is 6.04 Å². The minimum absolute atomic E-state index is 0.0831. The number of hydrogen-bond acceptors (Lipinski definition) is 3. The fourth-order valence-corrected chi connectivity index (χ4v) is 1.32. The van der Waals surface area contributed by atoms with Crippen LogP contribution in [0.2, 0.25) is 0 Å². The maximum absolute atomic E-state index is 11.6. The van der Waals surface area contributed by atoms with Gasteiger partial charge in [0.1, 0.15) is 0 Å². The number of amides is 1. The molecule has 0 heterocycles. The first kappa shape index (κ1) is 14.4. The van der Waals surface area contributed by atoms with Crippen molar-refractivity contribution in [2.24, 2.45) is 11.7 Å². The largest absolute Gasteiger partial charge is 0.396 e. The standard InChI is InChI=1S/C11H24N2O2/c1-4-8(2)10(12)11(15)13-9(3)6-5-7-14/h8-10,14H,4-7,12H2,1-3H3,(H,13,15)/t8-,9?,10-/m0/s1. The molecule has 0 aromatic heterocycles. The molecule has 4 heteroatoms. The summed E-state index contributed by atoms with van der Waals surface area (Å²) in [5.41, 5.74) is 5.79. The van der Waals surface area contributed by atoms with Crippen molar-refractivity contribution in [1.82, 2.24) is 5.32 Å². The third kappa shape index (κ3) is 5.74. The Hall–Kier alpha value is -0.610. The van der Waals surface area contributed by atoms with Crippen LogP contribution >= 0.6 is 0 Å². The lowest BCUT2D eigenvalue weighted by atomic mass is 9.99. The van der Waals surface area contributed by atoms with Crippen LogP contribution in [0.15, 0.2) is 0 Å². The smallest absolute Gasteiger partial charge is 0.237 e. The van der Waals surface area contributed by atoms with E-state index in [9.17, 15) is 4.79 Å². The van der Waals surface area contributed by atoms with Gasteiger partial charge in [-0.1, -0.05) is 20.3 Å². The molecule has 0 aliphatic rings. The number of rotatable bonds is 7. The normalized spacial score (nSPS) is 16.9. The lowest BCUT2D eigenvalue weighted by Gasteiger charge is -2.20. The average Bonchev–Trinajstić information content (AvgIpc) is 2.23. The average molecular weight is 216 g/mol. The second kappa shape index (κ2) is 7.65. The number of carbonyl (C=O) groups is 1. The van der Waals surface area contributed by atoms with E-state index in [1.165, 1.54) is 0 Å². The van der Waals surface area contributed by atoms with Crippen LogP contribution in [0.3, 0.4) is 0 Å². The Morgan fingerprint density at radius 2 is 2.07 bits per heavy atom. The second-order valence-corrected chi connectivity index (χ2v) is 4.19. The van der Waals surface area contributed by atoms with Crippen LogP contribution in [0.1, 0.15) is 40.0 Å². The third-order valence-corrected chi connectivity index (χ3v) is 2.74. The Balaban J connectivity index is 3.90. The van der Waals surface area contributed by atoms with E-state index in [-0.39, 0.29) is 24.5 Å². The SMILES string of the molecule is CC[C@H](C)[C@H](N)C(=O)NC(C)CCCO. The summed E-state index contributed by atoms with van der Waals surface area (Å²) in [6, 6.07) is -0.341. The molecule has 4 N–H and O–H groups in total. The lowest BCUT2D eigenvalue weighted by molar-refractivity contribution is -0.124. The number of nitrogens with one attached hydrogen (secondary N) is 1. The van der Waals surface area contributed by atoms with Crippen LogP contribution in [0, 0.1) is 5.92 Å². The minimum Gasteiger partial charge on any atom is -0.396 e. The molecule has 0 bridgehead atoms. The Morgan fingerprint density at radius 1 is 1.47 bits per heavy atom. The molecule has 15 heavy (non-hydrogen) atoms. The van der Waals surface area contributed by atoms with Crippen LogP contribution in [0.25, 0.3) is 0 Å². The highest BCUT2D eigenvalue weighted by molar-refractivity contribution is 5.81. The summed E-state index contributed by atoms with van der Waals surface area (Å²) < 4.78 is 0. The molecular formula is C11H24N2O2. The Kier molecular flexibility index (Phi) is 7.34. The van der Waals surface area contributed by atoms with Crippen molar-refractivity contribution in [3.05, 3.63) is 0 Å². The van der Waals surface area contributed by atoms with Crippen molar-refractivity contribution in [3.63, 3.8) is 0 Å². The van der Waals surface area contributed by atoms with Crippen molar-refractivity contribution in [3.8, 4) is 0 Å². The van der Waals surface area contributed by atoms with Gasteiger partial charge in [0.2, 0.25) is 5.91 Å². The molecule has 4 nitrogen and oxygen atoms in total. The fourth-order valence-electron chi connectivity index (χ4n) is 1.32. The fraction of sp³-hybridized carbons (Fsp3) is 0.909. The van der Waals surface area contributed by atoms with E-state index in [4.69, 9.17) is 10.8 Å². The Morgan fingerprint density at radius 3 is 2.53 bits per heavy atom. The zero-order valence-electron chi connectivity index (χ0n) is 9.99. The van der Waals surface area contributed by atoms with Crippen molar-refractivity contribution in [2.75, 3.05) is 6.61 Å². The van der Waals surface area contributed by atoms with Crippen LogP contribution in [-0.2, 0) is 4.79 Å². The van der Waals surface area contributed by atoms with Gasteiger partial charge in [-0.3, -0.25) is 4.79 Å². The van der Waals surface area contributed by atoms with E-state index in [1.807, 2.05) is 20.8 Å². The molecule has 0 saturated carbocycles. The van der Waals surface area contributed by atoms with Gasteiger partial charge in [-0.15, -0.1) is 0 Å². The maximum atomic E-state index is 11.6.